The van der Waals surface area contributed by atoms with Crippen LogP contribution in [-0.4, -0.2) is 36.9 Å². The third-order valence-electron chi connectivity index (χ3n) is 1.85. The first-order valence-corrected chi connectivity index (χ1v) is 5.24. The van der Waals surface area contributed by atoms with E-state index in [1.54, 1.807) is 6.92 Å². The van der Waals surface area contributed by atoms with Gasteiger partial charge in [0.25, 0.3) is 0 Å². The quantitative estimate of drug-likeness (QED) is 0.355. The summed E-state index contributed by atoms with van der Waals surface area (Å²) in [4.78, 5) is 21.3. The Labute approximate surface area is 101 Å². The molecule has 0 aliphatic carbocycles. The van der Waals surface area contributed by atoms with Crippen LogP contribution < -0.4 is 5.32 Å². The molecule has 0 aromatic carbocycles. The minimum atomic E-state index is -0.926. The summed E-state index contributed by atoms with van der Waals surface area (Å²) < 4.78 is 10.1. The summed E-state index contributed by atoms with van der Waals surface area (Å²) in [5, 5.41) is 11.2. The van der Waals surface area contributed by atoms with Crippen LogP contribution in [0.1, 0.15) is 20.3 Å². The van der Waals surface area contributed by atoms with Gasteiger partial charge in [0.2, 0.25) is 5.91 Å². The van der Waals surface area contributed by atoms with Gasteiger partial charge < -0.3 is 19.9 Å². The average molecular weight is 245 g/mol. The largest absolute Gasteiger partial charge is 0.481 e. The topological polar surface area (TPSA) is 84.9 Å². The molecule has 6 nitrogen and oxygen atoms in total. The molecule has 0 bridgehead atoms. The van der Waals surface area contributed by atoms with Crippen LogP contribution in [0.3, 0.4) is 0 Å². The fourth-order valence-corrected chi connectivity index (χ4v) is 1.08. The zero-order chi connectivity index (χ0) is 13.3. The summed E-state index contributed by atoms with van der Waals surface area (Å²) >= 11 is 0. The van der Waals surface area contributed by atoms with E-state index in [2.05, 4.69) is 11.9 Å². The molecule has 1 unspecified atom stereocenters. The van der Waals surface area contributed by atoms with Crippen molar-refractivity contribution >= 4 is 11.9 Å². The summed E-state index contributed by atoms with van der Waals surface area (Å²) in [6, 6.07) is 0. The fraction of sp³-hybridized carbons (Fsp3) is 0.636. The first kappa shape index (κ1) is 15.4. The van der Waals surface area contributed by atoms with Gasteiger partial charge in [-0.25, -0.2) is 0 Å². The van der Waals surface area contributed by atoms with Crippen LogP contribution in [0.5, 0.6) is 0 Å². The first-order valence-electron chi connectivity index (χ1n) is 5.24. The van der Waals surface area contributed by atoms with Crippen LogP contribution in [0.4, 0.5) is 0 Å². The van der Waals surface area contributed by atoms with Crippen LogP contribution in [0.2, 0.25) is 0 Å². The lowest BCUT2D eigenvalue weighted by molar-refractivity contribution is -0.139. The Morgan fingerprint density at radius 1 is 1.41 bits per heavy atom. The Kier molecular flexibility index (Phi) is 7.79. The highest BCUT2D eigenvalue weighted by Gasteiger charge is 2.14. The molecular weight excluding hydrogens is 226 g/mol. The van der Waals surface area contributed by atoms with E-state index >= 15 is 0 Å². The Balaban J connectivity index is 3.88. The zero-order valence-corrected chi connectivity index (χ0v) is 10.2. The van der Waals surface area contributed by atoms with E-state index in [9.17, 15) is 9.59 Å². The van der Waals surface area contributed by atoms with Gasteiger partial charge in [0, 0.05) is 19.4 Å². The maximum absolute atomic E-state index is 10.7. The lowest BCUT2D eigenvalue weighted by Crippen LogP contribution is -2.31. The van der Waals surface area contributed by atoms with E-state index in [-0.39, 0.29) is 38.2 Å². The van der Waals surface area contributed by atoms with Gasteiger partial charge in [0.1, 0.15) is 0 Å². The molecule has 0 heterocycles. The van der Waals surface area contributed by atoms with Gasteiger partial charge in [0.05, 0.1) is 18.8 Å². The maximum atomic E-state index is 10.7. The van der Waals surface area contributed by atoms with Crippen molar-refractivity contribution in [2.75, 3.05) is 19.9 Å². The smallest absolute Gasteiger partial charge is 0.303 e. The lowest BCUT2D eigenvalue weighted by Gasteiger charge is -2.15. The summed E-state index contributed by atoms with van der Waals surface area (Å²) in [6.07, 6.45) is -0.0622. The fourth-order valence-electron chi connectivity index (χ4n) is 1.08. The van der Waals surface area contributed by atoms with Crippen LogP contribution in [0.25, 0.3) is 0 Å². The number of hydrogen-bond acceptors (Lipinski definition) is 4. The maximum Gasteiger partial charge on any atom is 0.303 e. The van der Waals surface area contributed by atoms with Gasteiger partial charge in [-0.15, -0.1) is 0 Å². The predicted molar refractivity (Wildman–Crippen MR) is 61.1 cm³/mol. The molecule has 0 rings (SSSR count). The van der Waals surface area contributed by atoms with Crippen molar-refractivity contribution in [3.8, 4) is 0 Å². The van der Waals surface area contributed by atoms with Gasteiger partial charge in [-0.05, 0) is 6.92 Å². The van der Waals surface area contributed by atoms with Crippen LogP contribution in [0, 0.1) is 5.92 Å². The van der Waals surface area contributed by atoms with E-state index in [4.69, 9.17) is 14.6 Å². The predicted octanol–water partition coefficient (Wildman–Crippen LogP) is 0.738. The minimum absolute atomic E-state index is 0.0333. The van der Waals surface area contributed by atoms with Gasteiger partial charge in [0.15, 0.2) is 6.79 Å². The normalized spacial score (nSPS) is 11.6. The van der Waals surface area contributed by atoms with Crippen molar-refractivity contribution in [3.05, 3.63) is 12.3 Å². The lowest BCUT2D eigenvalue weighted by atomic mass is 10.1. The second kappa shape index (κ2) is 8.58. The SMILES string of the molecule is C=C(C)OCOCC(CNC(C)=O)CC(=O)O. The van der Waals surface area contributed by atoms with Crippen LogP contribution in [-0.2, 0) is 19.1 Å². The number of rotatable bonds is 9. The highest BCUT2D eigenvalue weighted by Crippen LogP contribution is 2.03. The molecule has 0 fully saturated rings. The van der Waals surface area contributed by atoms with Crippen molar-refractivity contribution in [2.24, 2.45) is 5.92 Å². The third-order valence-corrected chi connectivity index (χ3v) is 1.85. The molecule has 0 aromatic heterocycles. The van der Waals surface area contributed by atoms with E-state index in [0.29, 0.717) is 5.76 Å². The Bertz CT molecular complexity index is 277. The Morgan fingerprint density at radius 2 is 2.06 bits per heavy atom. The van der Waals surface area contributed by atoms with Crippen molar-refractivity contribution < 1.29 is 24.2 Å². The minimum Gasteiger partial charge on any atom is -0.481 e. The molecule has 0 radical (unpaired) electrons. The van der Waals surface area contributed by atoms with Crippen LogP contribution in [0.15, 0.2) is 12.3 Å². The number of amides is 1. The van der Waals surface area contributed by atoms with E-state index in [0.717, 1.165) is 0 Å². The molecule has 1 atom stereocenters. The number of carboxylic acid groups (broad SMARTS) is 1. The molecule has 98 valence electrons. The van der Waals surface area contributed by atoms with Gasteiger partial charge >= 0.3 is 5.97 Å². The van der Waals surface area contributed by atoms with Crippen molar-refractivity contribution in [3.63, 3.8) is 0 Å². The standard InChI is InChI=1S/C11H19NO5/c1-8(2)17-7-16-6-10(4-11(14)15)5-12-9(3)13/h10H,1,4-7H2,2-3H3,(H,12,13)(H,14,15). The van der Waals surface area contributed by atoms with Crippen molar-refractivity contribution in [1.82, 2.24) is 5.32 Å². The first-order chi connectivity index (χ1) is 7.91. The number of aliphatic carboxylic acids is 1. The summed E-state index contributed by atoms with van der Waals surface area (Å²) in [5.74, 6) is -0.866. The zero-order valence-electron chi connectivity index (χ0n) is 10.2. The highest BCUT2D eigenvalue weighted by atomic mass is 16.7. The van der Waals surface area contributed by atoms with E-state index < -0.39 is 5.97 Å². The molecule has 0 saturated carbocycles. The highest BCUT2D eigenvalue weighted by molar-refractivity contribution is 5.73. The number of carbonyl (C=O) groups excluding carboxylic acids is 1. The van der Waals surface area contributed by atoms with Gasteiger partial charge in [-0.2, -0.15) is 0 Å². The van der Waals surface area contributed by atoms with Crippen molar-refractivity contribution in [1.29, 1.82) is 0 Å². The number of carbonyl (C=O) groups is 2. The number of carboxylic acids is 1. The van der Waals surface area contributed by atoms with E-state index in [1.807, 2.05) is 0 Å². The Hall–Kier alpha value is -1.56. The molecule has 0 saturated heterocycles. The summed E-state index contributed by atoms with van der Waals surface area (Å²) in [6.45, 7) is 7.11. The summed E-state index contributed by atoms with van der Waals surface area (Å²) in [5.41, 5.74) is 0. The Morgan fingerprint density at radius 3 is 2.53 bits per heavy atom. The number of allylic oxidation sites excluding steroid dienone is 1. The molecule has 2 N–H and O–H groups in total. The van der Waals surface area contributed by atoms with Crippen molar-refractivity contribution in [2.45, 2.75) is 20.3 Å². The second-order valence-corrected chi connectivity index (χ2v) is 3.74. The van der Waals surface area contributed by atoms with Gasteiger partial charge in [-0.3, -0.25) is 9.59 Å². The van der Waals surface area contributed by atoms with Crippen LogP contribution >= 0.6 is 0 Å². The third kappa shape index (κ3) is 10.7. The molecule has 6 heteroatoms. The molecule has 0 aromatic rings. The average Bonchev–Trinajstić information content (AvgIpc) is 2.19. The molecule has 1 amide bonds. The molecule has 0 spiro atoms. The summed E-state index contributed by atoms with van der Waals surface area (Å²) in [7, 11) is 0. The van der Waals surface area contributed by atoms with E-state index in [1.165, 1.54) is 6.92 Å². The second-order valence-electron chi connectivity index (χ2n) is 3.74. The molecule has 0 aliphatic rings. The number of ether oxygens (including phenoxy) is 2. The number of nitrogens with one attached hydrogen (secondary N) is 1. The molecule has 17 heavy (non-hydrogen) atoms. The monoisotopic (exact) mass is 245 g/mol. The molecular formula is C11H19NO5. The molecule has 0 aliphatic heterocycles. The number of hydrogen-bond donors (Lipinski definition) is 2. The van der Waals surface area contributed by atoms with Gasteiger partial charge in [-0.1, -0.05) is 6.58 Å².